The lowest BCUT2D eigenvalue weighted by molar-refractivity contribution is 0.111. The molecule has 0 radical (unpaired) electrons. The van der Waals surface area contributed by atoms with E-state index in [2.05, 4.69) is 37.8 Å². The lowest BCUT2D eigenvalue weighted by atomic mass is 10.2. The van der Waals surface area contributed by atoms with E-state index in [1.807, 2.05) is 17.7 Å². The highest BCUT2D eigenvalue weighted by Crippen LogP contribution is 2.20. The van der Waals surface area contributed by atoms with E-state index in [9.17, 15) is 4.79 Å². The van der Waals surface area contributed by atoms with Gasteiger partial charge in [0.25, 0.3) is 0 Å². The zero-order chi connectivity index (χ0) is 14.8. The Morgan fingerprint density at radius 2 is 2.00 bits per heavy atom. The minimum atomic E-state index is -1.02. The SMILES string of the molecule is Cn1c(C=O)cc2ccc(COCC[Si](C)(C)C)cc21. The Hall–Kier alpha value is -1.39. The van der Waals surface area contributed by atoms with Gasteiger partial charge in [-0.25, -0.2) is 0 Å². The Kier molecular flexibility index (Phi) is 4.45. The quantitative estimate of drug-likeness (QED) is 0.459. The molecular formula is C16H23NO2Si. The van der Waals surface area contributed by atoms with Crippen LogP contribution in [0.3, 0.4) is 0 Å². The number of hydrogen-bond donors (Lipinski definition) is 0. The smallest absolute Gasteiger partial charge is 0.166 e. The van der Waals surface area contributed by atoms with Crippen molar-refractivity contribution >= 4 is 25.3 Å². The molecule has 0 saturated heterocycles. The van der Waals surface area contributed by atoms with Crippen LogP contribution in [0, 0.1) is 0 Å². The molecule has 0 aliphatic carbocycles. The maximum Gasteiger partial charge on any atom is 0.166 e. The third-order valence-electron chi connectivity index (χ3n) is 3.53. The number of ether oxygens (including phenoxy) is 1. The van der Waals surface area contributed by atoms with Crippen LogP contribution in [0.2, 0.25) is 25.7 Å². The minimum absolute atomic E-state index is 0.641. The number of benzene rings is 1. The molecular weight excluding hydrogens is 266 g/mol. The normalized spacial score (nSPS) is 12.0. The molecule has 108 valence electrons. The number of aldehydes is 1. The van der Waals surface area contributed by atoms with Gasteiger partial charge < -0.3 is 9.30 Å². The van der Waals surface area contributed by atoms with E-state index >= 15 is 0 Å². The van der Waals surface area contributed by atoms with Crippen molar-refractivity contribution in [3.05, 3.63) is 35.5 Å². The number of carbonyl (C=O) groups is 1. The fraction of sp³-hybridized carbons (Fsp3) is 0.438. The van der Waals surface area contributed by atoms with Gasteiger partial charge in [-0.05, 0) is 23.7 Å². The molecule has 0 spiro atoms. The van der Waals surface area contributed by atoms with E-state index in [0.717, 1.165) is 29.4 Å². The number of hydrogen-bond acceptors (Lipinski definition) is 2. The monoisotopic (exact) mass is 289 g/mol. The summed E-state index contributed by atoms with van der Waals surface area (Å²) >= 11 is 0. The standard InChI is InChI=1S/C16H23NO2Si/c1-17-15(11-18)10-14-6-5-13(9-16(14)17)12-19-7-8-20(2,3)4/h5-6,9-11H,7-8,12H2,1-4H3. The molecule has 0 unspecified atom stereocenters. The second-order valence-electron chi connectivity index (χ2n) is 6.50. The fourth-order valence-corrected chi connectivity index (χ4v) is 2.92. The molecule has 0 amide bonds. The zero-order valence-electron chi connectivity index (χ0n) is 12.8. The van der Waals surface area contributed by atoms with E-state index < -0.39 is 8.07 Å². The Morgan fingerprint density at radius 3 is 2.65 bits per heavy atom. The van der Waals surface area contributed by atoms with Crippen molar-refractivity contribution in [1.82, 2.24) is 4.57 Å². The van der Waals surface area contributed by atoms with Crippen molar-refractivity contribution < 1.29 is 9.53 Å². The highest BCUT2D eigenvalue weighted by atomic mass is 28.3. The van der Waals surface area contributed by atoms with Gasteiger partial charge in [0.2, 0.25) is 0 Å². The summed E-state index contributed by atoms with van der Waals surface area (Å²) in [6.45, 7) is 8.54. The first-order valence-electron chi connectivity index (χ1n) is 7.02. The second kappa shape index (κ2) is 5.93. The van der Waals surface area contributed by atoms with Gasteiger partial charge in [0.1, 0.15) is 0 Å². The summed E-state index contributed by atoms with van der Waals surface area (Å²) in [5.41, 5.74) is 2.95. The minimum Gasteiger partial charge on any atom is -0.377 e. The van der Waals surface area contributed by atoms with Crippen LogP contribution in [-0.4, -0.2) is 25.5 Å². The Balaban J connectivity index is 2.04. The van der Waals surface area contributed by atoms with Crippen LogP contribution in [0.5, 0.6) is 0 Å². The molecule has 1 aromatic heterocycles. The van der Waals surface area contributed by atoms with Gasteiger partial charge in [0.05, 0.1) is 12.3 Å². The first kappa shape index (κ1) is 15.0. The summed E-state index contributed by atoms with van der Waals surface area (Å²) < 4.78 is 7.70. The van der Waals surface area contributed by atoms with Crippen LogP contribution < -0.4 is 0 Å². The molecule has 0 aliphatic heterocycles. The van der Waals surface area contributed by atoms with Crippen LogP contribution in [0.1, 0.15) is 16.1 Å². The molecule has 1 heterocycles. The molecule has 20 heavy (non-hydrogen) atoms. The van der Waals surface area contributed by atoms with Gasteiger partial charge in [-0.3, -0.25) is 4.79 Å². The molecule has 0 N–H and O–H groups in total. The Morgan fingerprint density at radius 1 is 1.25 bits per heavy atom. The van der Waals surface area contributed by atoms with Gasteiger partial charge in [0.15, 0.2) is 6.29 Å². The van der Waals surface area contributed by atoms with Gasteiger partial charge in [0, 0.05) is 32.6 Å². The van der Waals surface area contributed by atoms with Crippen LogP contribution >= 0.6 is 0 Å². The number of aryl methyl sites for hydroxylation is 1. The molecule has 0 bridgehead atoms. The Bertz CT molecular complexity index is 611. The second-order valence-corrected chi connectivity index (χ2v) is 12.1. The molecule has 2 rings (SSSR count). The van der Waals surface area contributed by atoms with Gasteiger partial charge in [-0.2, -0.15) is 0 Å². The number of nitrogens with zero attached hydrogens (tertiary/aromatic N) is 1. The van der Waals surface area contributed by atoms with Crippen LogP contribution in [0.15, 0.2) is 24.3 Å². The number of rotatable bonds is 6. The van der Waals surface area contributed by atoms with Crippen LogP contribution in [0.4, 0.5) is 0 Å². The molecule has 0 atom stereocenters. The van der Waals surface area contributed by atoms with E-state index in [-0.39, 0.29) is 0 Å². The molecule has 3 nitrogen and oxygen atoms in total. The van der Waals surface area contributed by atoms with Crippen molar-refractivity contribution in [2.24, 2.45) is 7.05 Å². The van der Waals surface area contributed by atoms with Crippen molar-refractivity contribution in [3.8, 4) is 0 Å². The van der Waals surface area contributed by atoms with Crippen LogP contribution in [0.25, 0.3) is 10.9 Å². The predicted molar refractivity (Wildman–Crippen MR) is 86.1 cm³/mol. The highest BCUT2D eigenvalue weighted by molar-refractivity contribution is 6.76. The Labute approximate surface area is 121 Å². The van der Waals surface area contributed by atoms with E-state index in [4.69, 9.17) is 4.74 Å². The van der Waals surface area contributed by atoms with Crippen molar-refractivity contribution in [2.45, 2.75) is 32.3 Å². The lowest BCUT2D eigenvalue weighted by Gasteiger charge is -2.15. The van der Waals surface area contributed by atoms with Crippen molar-refractivity contribution in [3.63, 3.8) is 0 Å². The fourth-order valence-electron chi connectivity index (χ4n) is 2.17. The van der Waals surface area contributed by atoms with Gasteiger partial charge in [-0.15, -0.1) is 0 Å². The number of fused-ring (bicyclic) bond motifs is 1. The third-order valence-corrected chi connectivity index (χ3v) is 5.24. The largest absolute Gasteiger partial charge is 0.377 e. The van der Waals surface area contributed by atoms with E-state index in [1.165, 1.54) is 6.04 Å². The summed E-state index contributed by atoms with van der Waals surface area (Å²) in [5.74, 6) is 0. The molecule has 0 saturated carbocycles. The highest BCUT2D eigenvalue weighted by Gasteiger charge is 2.12. The van der Waals surface area contributed by atoms with Gasteiger partial charge >= 0.3 is 0 Å². The predicted octanol–water partition coefficient (Wildman–Crippen LogP) is 3.85. The zero-order valence-corrected chi connectivity index (χ0v) is 13.8. The lowest BCUT2D eigenvalue weighted by Crippen LogP contribution is -2.21. The third kappa shape index (κ3) is 3.58. The summed E-state index contributed by atoms with van der Waals surface area (Å²) in [6, 6.07) is 9.34. The average molecular weight is 289 g/mol. The summed E-state index contributed by atoms with van der Waals surface area (Å²) in [4.78, 5) is 10.9. The molecule has 1 aromatic carbocycles. The number of aromatic nitrogens is 1. The van der Waals surface area contributed by atoms with Crippen molar-refractivity contribution in [1.29, 1.82) is 0 Å². The van der Waals surface area contributed by atoms with Crippen LogP contribution in [-0.2, 0) is 18.4 Å². The first-order valence-corrected chi connectivity index (χ1v) is 10.7. The molecule has 4 heteroatoms. The van der Waals surface area contributed by atoms with E-state index in [0.29, 0.717) is 12.3 Å². The topological polar surface area (TPSA) is 31.2 Å². The summed E-state index contributed by atoms with van der Waals surface area (Å²) in [6.07, 6.45) is 0.893. The van der Waals surface area contributed by atoms with E-state index in [1.54, 1.807) is 0 Å². The van der Waals surface area contributed by atoms with Gasteiger partial charge in [-0.1, -0.05) is 31.8 Å². The maximum atomic E-state index is 10.9. The summed E-state index contributed by atoms with van der Waals surface area (Å²) in [7, 11) is 0.901. The number of carbonyl (C=O) groups excluding carboxylic acids is 1. The molecule has 0 aliphatic rings. The molecule has 2 aromatic rings. The maximum absolute atomic E-state index is 10.9. The molecule has 0 fully saturated rings. The average Bonchev–Trinajstić information content (AvgIpc) is 2.70. The van der Waals surface area contributed by atoms with Crippen molar-refractivity contribution in [2.75, 3.05) is 6.61 Å². The summed E-state index contributed by atoms with van der Waals surface area (Å²) in [5, 5.41) is 1.10. The first-order chi connectivity index (χ1) is 9.40.